The van der Waals surface area contributed by atoms with Gasteiger partial charge in [-0.05, 0) is 68.7 Å². The third-order valence-electron chi connectivity index (χ3n) is 4.90. The highest BCUT2D eigenvalue weighted by Crippen LogP contribution is 2.23. The van der Waals surface area contributed by atoms with Crippen LogP contribution in [-0.4, -0.2) is 37.2 Å². The Kier molecular flexibility index (Phi) is 8.10. The van der Waals surface area contributed by atoms with Crippen molar-refractivity contribution in [2.24, 2.45) is 4.99 Å². The van der Waals surface area contributed by atoms with Gasteiger partial charge in [-0.1, -0.05) is 29.0 Å². The van der Waals surface area contributed by atoms with E-state index in [-0.39, 0.29) is 36.6 Å². The molecule has 2 aromatic carbocycles. The van der Waals surface area contributed by atoms with Crippen LogP contribution in [0, 0.1) is 13.8 Å². The number of amides is 1. The van der Waals surface area contributed by atoms with Gasteiger partial charge < -0.3 is 9.30 Å². The van der Waals surface area contributed by atoms with E-state index in [0.29, 0.717) is 9.82 Å². The lowest BCUT2D eigenvalue weighted by Crippen LogP contribution is -2.23. The number of sulfone groups is 1. The molecule has 0 aliphatic heterocycles. The van der Waals surface area contributed by atoms with E-state index < -0.39 is 21.7 Å². The third kappa shape index (κ3) is 6.31. The molecule has 0 fully saturated rings. The van der Waals surface area contributed by atoms with Crippen LogP contribution in [0.25, 0.3) is 10.2 Å². The zero-order valence-corrected chi connectivity index (χ0v) is 21.0. The van der Waals surface area contributed by atoms with Crippen molar-refractivity contribution in [2.75, 3.05) is 12.4 Å². The summed E-state index contributed by atoms with van der Waals surface area (Å²) in [6.45, 7) is 5.85. The summed E-state index contributed by atoms with van der Waals surface area (Å²) in [5.74, 6) is -1.04. The maximum Gasteiger partial charge on any atom is 0.326 e. The van der Waals surface area contributed by atoms with Crippen molar-refractivity contribution in [3.05, 3.63) is 57.3 Å². The van der Waals surface area contributed by atoms with Gasteiger partial charge in [0.1, 0.15) is 6.54 Å². The first-order chi connectivity index (χ1) is 15.6. The van der Waals surface area contributed by atoms with Crippen molar-refractivity contribution in [3.63, 3.8) is 0 Å². The van der Waals surface area contributed by atoms with Crippen LogP contribution in [0.2, 0.25) is 5.02 Å². The fraction of sp³-hybridized carbons (Fsp3) is 0.348. The Bertz CT molecular complexity index is 1360. The monoisotopic (exact) mass is 508 g/mol. The lowest BCUT2D eigenvalue weighted by Gasteiger charge is -2.06. The van der Waals surface area contributed by atoms with Crippen LogP contribution in [-0.2, 0) is 30.7 Å². The first kappa shape index (κ1) is 25.1. The molecule has 0 saturated carbocycles. The average Bonchev–Trinajstić information content (AvgIpc) is 3.05. The molecule has 0 atom stereocenters. The van der Waals surface area contributed by atoms with Crippen LogP contribution in [0.3, 0.4) is 0 Å². The van der Waals surface area contributed by atoms with E-state index in [0.717, 1.165) is 21.3 Å². The summed E-state index contributed by atoms with van der Waals surface area (Å²) in [5, 5.41) is 0.452. The number of ether oxygens (including phenoxy) is 1. The number of esters is 1. The lowest BCUT2D eigenvalue weighted by molar-refractivity contribution is -0.143. The SMILES string of the molecule is CCOC(=O)Cn1c(=NC(=O)CCCS(=O)(=O)c2ccc(Cl)cc2)sc2c(C)cc(C)cc21. The molecule has 0 spiro atoms. The van der Waals surface area contributed by atoms with Crippen molar-refractivity contribution >= 4 is 54.9 Å². The Balaban J connectivity index is 1.82. The number of aromatic nitrogens is 1. The lowest BCUT2D eigenvalue weighted by atomic mass is 10.1. The summed E-state index contributed by atoms with van der Waals surface area (Å²) in [7, 11) is -3.52. The number of thiazole rings is 1. The van der Waals surface area contributed by atoms with Gasteiger partial charge in [0.2, 0.25) is 5.91 Å². The van der Waals surface area contributed by atoms with E-state index in [2.05, 4.69) is 4.99 Å². The van der Waals surface area contributed by atoms with Crippen molar-refractivity contribution < 1.29 is 22.7 Å². The topological polar surface area (TPSA) is 94.8 Å². The molecule has 1 amide bonds. The number of fused-ring (bicyclic) bond motifs is 1. The molecule has 0 radical (unpaired) electrons. The Labute approximate surface area is 201 Å². The predicted octanol–water partition coefficient (Wildman–Crippen LogP) is 4.22. The molecule has 0 saturated heterocycles. The predicted molar refractivity (Wildman–Crippen MR) is 129 cm³/mol. The van der Waals surface area contributed by atoms with Gasteiger partial charge in [0, 0.05) is 11.4 Å². The molecule has 3 rings (SSSR count). The summed E-state index contributed by atoms with van der Waals surface area (Å²) in [5.41, 5.74) is 2.86. The molecule has 1 aromatic heterocycles. The quantitative estimate of drug-likeness (QED) is 0.424. The normalized spacial score (nSPS) is 12.3. The second-order valence-electron chi connectivity index (χ2n) is 7.59. The van der Waals surface area contributed by atoms with Gasteiger partial charge >= 0.3 is 5.97 Å². The zero-order chi connectivity index (χ0) is 24.2. The first-order valence-electron chi connectivity index (χ1n) is 10.4. The number of aryl methyl sites for hydroxylation is 2. The smallest absolute Gasteiger partial charge is 0.326 e. The average molecular weight is 509 g/mol. The number of nitrogens with zero attached hydrogens (tertiary/aromatic N) is 2. The largest absolute Gasteiger partial charge is 0.465 e. The van der Waals surface area contributed by atoms with Gasteiger partial charge in [-0.3, -0.25) is 9.59 Å². The molecule has 1 heterocycles. The Morgan fingerprint density at radius 3 is 2.52 bits per heavy atom. The molecule has 7 nitrogen and oxygen atoms in total. The van der Waals surface area contributed by atoms with Crippen molar-refractivity contribution in [1.82, 2.24) is 4.57 Å². The molecule has 0 N–H and O–H groups in total. The van der Waals surface area contributed by atoms with Gasteiger partial charge in [-0.15, -0.1) is 0 Å². The highest BCUT2D eigenvalue weighted by Gasteiger charge is 2.16. The number of hydrogen-bond acceptors (Lipinski definition) is 6. The zero-order valence-electron chi connectivity index (χ0n) is 18.6. The summed E-state index contributed by atoms with van der Waals surface area (Å²) in [6, 6.07) is 9.90. The number of carbonyl (C=O) groups excluding carboxylic acids is 2. The highest BCUT2D eigenvalue weighted by atomic mass is 35.5. The van der Waals surface area contributed by atoms with Gasteiger partial charge in [-0.25, -0.2) is 8.42 Å². The summed E-state index contributed by atoms with van der Waals surface area (Å²) in [6.07, 6.45) is 0.104. The molecule has 0 unspecified atom stereocenters. The molecule has 33 heavy (non-hydrogen) atoms. The minimum Gasteiger partial charge on any atom is -0.465 e. The number of carbonyl (C=O) groups is 2. The highest BCUT2D eigenvalue weighted by molar-refractivity contribution is 7.91. The van der Waals surface area contributed by atoms with Crippen molar-refractivity contribution in [2.45, 2.75) is 45.1 Å². The Morgan fingerprint density at radius 1 is 1.15 bits per heavy atom. The van der Waals surface area contributed by atoms with E-state index in [1.165, 1.54) is 35.6 Å². The standard InChI is InChI=1S/C23H25ClN2O5S2/c1-4-31-21(28)14-26-19-13-15(2)12-16(3)22(19)32-23(26)25-20(27)6-5-11-33(29,30)18-9-7-17(24)8-10-18/h7-10,12-13H,4-6,11,14H2,1-3H3. The third-order valence-corrected chi connectivity index (χ3v) is 8.20. The molecule has 10 heteroatoms. The first-order valence-corrected chi connectivity index (χ1v) is 13.3. The van der Waals surface area contributed by atoms with Crippen LogP contribution in [0.15, 0.2) is 46.3 Å². The number of benzene rings is 2. The molecular weight excluding hydrogens is 484 g/mol. The van der Waals surface area contributed by atoms with Gasteiger partial charge in [0.05, 0.1) is 27.5 Å². The van der Waals surface area contributed by atoms with E-state index >= 15 is 0 Å². The molecule has 176 valence electrons. The molecule has 0 aliphatic carbocycles. The van der Waals surface area contributed by atoms with Crippen LogP contribution in [0.1, 0.15) is 30.9 Å². The summed E-state index contributed by atoms with van der Waals surface area (Å²) in [4.78, 5) is 29.5. The van der Waals surface area contributed by atoms with Crippen molar-refractivity contribution in [3.8, 4) is 0 Å². The molecular formula is C23H25ClN2O5S2. The van der Waals surface area contributed by atoms with Crippen LogP contribution in [0.5, 0.6) is 0 Å². The van der Waals surface area contributed by atoms with Gasteiger partial charge in [0.25, 0.3) is 0 Å². The number of hydrogen-bond donors (Lipinski definition) is 0. The minimum atomic E-state index is -3.52. The van der Waals surface area contributed by atoms with Gasteiger partial charge in [0.15, 0.2) is 14.6 Å². The van der Waals surface area contributed by atoms with E-state index in [4.69, 9.17) is 16.3 Å². The second-order valence-corrected chi connectivity index (χ2v) is 11.1. The maximum absolute atomic E-state index is 12.6. The van der Waals surface area contributed by atoms with Crippen LogP contribution >= 0.6 is 22.9 Å². The minimum absolute atomic E-state index is 0.0293. The molecule has 0 aliphatic rings. The van der Waals surface area contributed by atoms with Gasteiger partial charge in [-0.2, -0.15) is 4.99 Å². The fourth-order valence-corrected chi connectivity index (χ4v) is 5.96. The fourth-order valence-electron chi connectivity index (χ4n) is 3.42. The number of halogens is 1. The Morgan fingerprint density at radius 2 is 1.85 bits per heavy atom. The number of rotatable bonds is 8. The van der Waals surface area contributed by atoms with E-state index in [9.17, 15) is 18.0 Å². The summed E-state index contributed by atoms with van der Waals surface area (Å²) < 4.78 is 32.6. The van der Waals surface area contributed by atoms with Crippen LogP contribution < -0.4 is 4.80 Å². The maximum atomic E-state index is 12.6. The Hall–Kier alpha value is -2.49. The summed E-state index contributed by atoms with van der Waals surface area (Å²) >= 11 is 7.13. The van der Waals surface area contributed by atoms with E-state index in [1.807, 2.05) is 26.0 Å². The van der Waals surface area contributed by atoms with Crippen molar-refractivity contribution in [1.29, 1.82) is 0 Å². The molecule has 0 bridgehead atoms. The molecule has 3 aromatic rings. The van der Waals surface area contributed by atoms with Crippen LogP contribution in [0.4, 0.5) is 0 Å². The van der Waals surface area contributed by atoms with E-state index in [1.54, 1.807) is 11.5 Å². The second kappa shape index (κ2) is 10.6.